The van der Waals surface area contributed by atoms with E-state index in [4.69, 9.17) is 17.3 Å². The Morgan fingerprint density at radius 1 is 1.50 bits per heavy atom. The number of rotatable bonds is 2. The zero-order valence-corrected chi connectivity index (χ0v) is 10.2. The van der Waals surface area contributed by atoms with Gasteiger partial charge in [0.25, 0.3) is 0 Å². The lowest BCUT2D eigenvalue weighted by atomic mass is 10.1. The minimum atomic E-state index is 0.0808. The molecular formula is C13H15ClN2. The van der Waals surface area contributed by atoms with Crippen LogP contribution in [0, 0.1) is 0 Å². The fraction of sp³-hybridized carbons (Fsp3) is 0.231. The van der Waals surface area contributed by atoms with Crippen LogP contribution in [0.3, 0.4) is 0 Å². The minimum absolute atomic E-state index is 0.0808. The fourth-order valence-corrected chi connectivity index (χ4v) is 1.79. The van der Waals surface area contributed by atoms with E-state index in [1.54, 1.807) is 0 Å². The summed E-state index contributed by atoms with van der Waals surface area (Å²) in [5, 5.41) is 1.91. The molecule has 2 nitrogen and oxygen atoms in total. The quantitative estimate of drug-likeness (QED) is 0.820. The van der Waals surface area contributed by atoms with Crippen LogP contribution in [0.2, 0.25) is 5.02 Å². The van der Waals surface area contributed by atoms with Gasteiger partial charge in [-0.15, -0.1) is 0 Å². The van der Waals surface area contributed by atoms with Crippen LogP contribution in [0.15, 0.2) is 30.0 Å². The maximum Gasteiger partial charge on any atom is 0.0475 e. The van der Waals surface area contributed by atoms with Crippen molar-refractivity contribution in [2.45, 2.75) is 19.9 Å². The van der Waals surface area contributed by atoms with E-state index in [1.807, 2.05) is 38.2 Å². The molecule has 2 aromatic rings. The lowest BCUT2D eigenvalue weighted by molar-refractivity contribution is 0.868. The Morgan fingerprint density at radius 3 is 2.94 bits per heavy atom. The number of H-pyrrole nitrogens is 1. The van der Waals surface area contributed by atoms with Crippen LogP contribution < -0.4 is 5.73 Å². The Balaban J connectivity index is 2.51. The highest BCUT2D eigenvalue weighted by molar-refractivity contribution is 6.31. The summed E-state index contributed by atoms with van der Waals surface area (Å²) in [7, 11) is 0. The molecule has 0 fully saturated rings. The molecule has 84 valence electrons. The maximum absolute atomic E-state index is 5.93. The molecule has 1 heterocycles. The van der Waals surface area contributed by atoms with E-state index in [0.717, 1.165) is 21.7 Å². The number of hydrogen-bond donors (Lipinski definition) is 2. The van der Waals surface area contributed by atoms with Gasteiger partial charge in [0, 0.05) is 28.2 Å². The molecule has 0 bridgehead atoms. The van der Waals surface area contributed by atoms with Gasteiger partial charge in [-0.3, -0.25) is 0 Å². The zero-order valence-electron chi connectivity index (χ0n) is 9.42. The van der Waals surface area contributed by atoms with E-state index in [0.29, 0.717) is 0 Å². The van der Waals surface area contributed by atoms with Crippen LogP contribution in [0.1, 0.15) is 19.4 Å². The van der Waals surface area contributed by atoms with Crippen LogP contribution >= 0.6 is 11.6 Å². The lowest BCUT2D eigenvalue weighted by Crippen LogP contribution is -2.15. The van der Waals surface area contributed by atoms with Crippen LogP contribution in [0.5, 0.6) is 0 Å². The molecule has 1 aromatic carbocycles. The van der Waals surface area contributed by atoms with Crippen molar-refractivity contribution in [3.8, 4) is 0 Å². The largest absolute Gasteiger partial charge is 0.361 e. The molecular weight excluding hydrogens is 220 g/mol. The number of fused-ring (bicyclic) bond motifs is 1. The molecule has 0 saturated heterocycles. The average Bonchev–Trinajstić information content (AvgIpc) is 2.60. The van der Waals surface area contributed by atoms with Crippen molar-refractivity contribution in [1.82, 2.24) is 4.98 Å². The van der Waals surface area contributed by atoms with Gasteiger partial charge in [-0.05, 0) is 31.5 Å². The van der Waals surface area contributed by atoms with Crippen LogP contribution in [0.25, 0.3) is 17.0 Å². The standard InChI is InChI=1S/C13H15ClN2/c1-8(9(2)15)5-10-7-16-13-6-11(14)3-4-12(10)13/h3-7,9,16H,15H2,1-2H3/b8-5+. The first-order chi connectivity index (χ1) is 7.58. The van der Waals surface area contributed by atoms with E-state index >= 15 is 0 Å². The zero-order chi connectivity index (χ0) is 11.7. The number of aromatic amines is 1. The topological polar surface area (TPSA) is 41.8 Å². The monoisotopic (exact) mass is 234 g/mol. The fourth-order valence-electron chi connectivity index (χ4n) is 1.62. The number of hydrogen-bond acceptors (Lipinski definition) is 1. The van der Waals surface area contributed by atoms with Gasteiger partial charge in [-0.1, -0.05) is 29.3 Å². The maximum atomic E-state index is 5.93. The second-order valence-corrected chi connectivity index (χ2v) is 4.55. The van der Waals surface area contributed by atoms with Crippen molar-refractivity contribution < 1.29 is 0 Å². The van der Waals surface area contributed by atoms with E-state index in [-0.39, 0.29) is 6.04 Å². The van der Waals surface area contributed by atoms with Gasteiger partial charge in [0.15, 0.2) is 0 Å². The van der Waals surface area contributed by atoms with Gasteiger partial charge < -0.3 is 10.7 Å². The van der Waals surface area contributed by atoms with Gasteiger partial charge in [-0.2, -0.15) is 0 Å². The molecule has 0 spiro atoms. The molecule has 0 aliphatic rings. The third kappa shape index (κ3) is 2.13. The SMILES string of the molecule is C/C(=C\c1c[nH]c2cc(Cl)ccc12)C(C)N. The van der Waals surface area contributed by atoms with Gasteiger partial charge in [0.1, 0.15) is 0 Å². The van der Waals surface area contributed by atoms with Gasteiger partial charge in [0.2, 0.25) is 0 Å². The lowest BCUT2D eigenvalue weighted by Gasteiger charge is -2.04. The Bertz CT molecular complexity index is 538. The first-order valence-electron chi connectivity index (χ1n) is 5.28. The number of nitrogens with one attached hydrogen (secondary N) is 1. The van der Waals surface area contributed by atoms with Crippen LogP contribution in [0.4, 0.5) is 0 Å². The van der Waals surface area contributed by atoms with Crippen molar-refractivity contribution >= 4 is 28.6 Å². The van der Waals surface area contributed by atoms with Crippen molar-refractivity contribution in [3.63, 3.8) is 0 Å². The summed E-state index contributed by atoms with van der Waals surface area (Å²) in [6.45, 7) is 4.02. The predicted octanol–water partition coefficient (Wildman–Crippen LogP) is 3.57. The molecule has 0 radical (unpaired) electrons. The average molecular weight is 235 g/mol. The van der Waals surface area contributed by atoms with E-state index in [9.17, 15) is 0 Å². The highest BCUT2D eigenvalue weighted by atomic mass is 35.5. The number of nitrogens with two attached hydrogens (primary N) is 1. The summed E-state index contributed by atoms with van der Waals surface area (Å²) in [4.78, 5) is 3.20. The first kappa shape index (κ1) is 11.2. The molecule has 0 aliphatic carbocycles. The van der Waals surface area contributed by atoms with E-state index in [2.05, 4.69) is 11.1 Å². The molecule has 3 N–H and O–H groups in total. The van der Waals surface area contributed by atoms with Gasteiger partial charge in [-0.25, -0.2) is 0 Å². The Labute approximate surface area is 100 Å². The highest BCUT2D eigenvalue weighted by Gasteiger charge is 2.03. The van der Waals surface area contributed by atoms with Gasteiger partial charge in [0.05, 0.1) is 0 Å². The Morgan fingerprint density at radius 2 is 2.25 bits per heavy atom. The molecule has 1 atom stereocenters. The second-order valence-electron chi connectivity index (χ2n) is 4.11. The molecule has 0 amide bonds. The first-order valence-corrected chi connectivity index (χ1v) is 5.66. The van der Waals surface area contributed by atoms with Crippen molar-refractivity contribution in [2.24, 2.45) is 5.73 Å². The van der Waals surface area contributed by atoms with Crippen molar-refractivity contribution in [1.29, 1.82) is 0 Å². The molecule has 3 heteroatoms. The highest BCUT2D eigenvalue weighted by Crippen LogP contribution is 2.24. The smallest absolute Gasteiger partial charge is 0.0475 e. The summed E-state index contributed by atoms with van der Waals surface area (Å²) in [5.74, 6) is 0. The van der Waals surface area contributed by atoms with Crippen molar-refractivity contribution in [2.75, 3.05) is 0 Å². The normalized spacial score (nSPS) is 14.4. The van der Waals surface area contributed by atoms with Gasteiger partial charge >= 0.3 is 0 Å². The van der Waals surface area contributed by atoms with Crippen LogP contribution in [-0.4, -0.2) is 11.0 Å². The molecule has 0 aliphatic heterocycles. The molecule has 16 heavy (non-hydrogen) atoms. The van der Waals surface area contributed by atoms with Crippen LogP contribution in [-0.2, 0) is 0 Å². The third-order valence-electron chi connectivity index (χ3n) is 2.78. The second kappa shape index (κ2) is 4.32. The molecule has 0 saturated carbocycles. The Kier molecular flexibility index (Phi) is 3.03. The predicted molar refractivity (Wildman–Crippen MR) is 70.6 cm³/mol. The number of halogens is 1. The number of benzene rings is 1. The third-order valence-corrected chi connectivity index (χ3v) is 3.01. The van der Waals surface area contributed by atoms with E-state index < -0.39 is 0 Å². The summed E-state index contributed by atoms with van der Waals surface area (Å²) in [6.07, 6.45) is 4.09. The summed E-state index contributed by atoms with van der Waals surface area (Å²) in [6, 6.07) is 5.93. The molecule has 1 unspecified atom stereocenters. The minimum Gasteiger partial charge on any atom is -0.361 e. The Hall–Kier alpha value is -1.25. The number of aromatic nitrogens is 1. The molecule has 2 rings (SSSR count). The summed E-state index contributed by atoms with van der Waals surface area (Å²) >= 11 is 5.93. The van der Waals surface area contributed by atoms with E-state index in [1.165, 1.54) is 5.39 Å². The molecule has 1 aromatic heterocycles. The summed E-state index contributed by atoms with van der Waals surface area (Å²) in [5.41, 5.74) is 9.19. The van der Waals surface area contributed by atoms with Crippen molar-refractivity contribution in [3.05, 3.63) is 40.6 Å². The summed E-state index contributed by atoms with van der Waals surface area (Å²) < 4.78 is 0.